The number of non-ortho nitro benzene ring substituents is 1. The fraction of sp³-hybridized carbons (Fsp3) is 0.227. The average molecular weight is 492 g/mol. The molecule has 2 aromatic rings. The number of aliphatic imine (C=N–C) groups is 1. The number of benzene rings is 2. The molecule has 1 N–H and O–H groups in total. The lowest BCUT2D eigenvalue weighted by atomic mass is 10.1. The second-order valence-corrected chi connectivity index (χ2v) is 8.43. The van der Waals surface area contributed by atoms with Crippen LogP contribution < -0.4 is 5.32 Å². The van der Waals surface area contributed by atoms with Gasteiger partial charge in [0.2, 0.25) is 11.8 Å². The Morgan fingerprint density at radius 3 is 2.68 bits per heavy atom. The van der Waals surface area contributed by atoms with Crippen molar-refractivity contribution in [3.63, 3.8) is 0 Å². The number of alkyl halides is 3. The second-order valence-electron chi connectivity index (χ2n) is 7.26. The van der Waals surface area contributed by atoms with Crippen molar-refractivity contribution in [3.05, 3.63) is 76.4 Å². The van der Waals surface area contributed by atoms with Gasteiger partial charge in [-0.2, -0.15) is 13.2 Å². The Hall–Kier alpha value is -3.67. The number of hydrogen-bond acceptors (Lipinski definition) is 6. The number of halogens is 3. The van der Waals surface area contributed by atoms with E-state index in [1.807, 2.05) is 0 Å². The van der Waals surface area contributed by atoms with E-state index in [0.29, 0.717) is 5.56 Å². The van der Waals surface area contributed by atoms with Gasteiger partial charge in [0, 0.05) is 25.1 Å². The van der Waals surface area contributed by atoms with Crippen molar-refractivity contribution < 1.29 is 27.7 Å². The molecule has 0 spiro atoms. The highest BCUT2D eigenvalue weighted by molar-refractivity contribution is 8.15. The van der Waals surface area contributed by atoms with Crippen LogP contribution in [0.5, 0.6) is 0 Å². The first-order chi connectivity index (χ1) is 16.0. The smallest absolute Gasteiger partial charge is 0.325 e. The molecule has 0 aromatic heterocycles. The normalized spacial score (nSPS) is 17.2. The zero-order valence-electron chi connectivity index (χ0n) is 17.8. The topological polar surface area (TPSA) is 105 Å². The fourth-order valence-electron chi connectivity index (χ4n) is 3.17. The molecule has 0 aliphatic carbocycles. The summed E-state index contributed by atoms with van der Waals surface area (Å²) in [6.07, 6.45) is -3.59. The summed E-state index contributed by atoms with van der Waals surface area (Å²) >= 11 is 0.959. The van der Waals surface area contributed by atoms with Gasteiger partial charge in [0.25, 0.3) is 5.69 Å². The molecule has 1 atom stereocenters. The molecule has 1 heterocycles. The Balaban J connectivity index is 1.83. The van der Waals surface area contributed by atoms with Gasteiger partial charge >= 0.3 is 6.18 Å². The number of rotatable bonds is 7. The molecule has 1 unspecified atom stereocenters. The van der Waals surface area contributed by atoms with Gasteiger partial charge in [-0.25, -0.2) is 4.99 Å². The quantitative estimate of drug-likeness (QED) is 0.330. The van der Waals surface area contributed by atoms with Crippen LogP contribution in [0.1, 0.15) is 17.5 Å². The van der Waals surface area contributed by atoms with Crippen LogP contribution in [0.3, 0.4) is 0 Å². The Morgan fingerprint density at radius 1 is 1.32 bits per heavy atom. The van der Waals surface area contributed by atoms with Crippen LogP contribution in [-0.2, 0) is 15.8 Å². The largest absolute Gasteiger partial charge is 0.418 e. The molecular formula is C22H19F3N4O4S. The van der Waals surface area contributed by atoms with E-state index in [9.17, 15) is 32.9 Å². The van der Waals surface area contributed by atoms with Crippen molar-refractivity contribution in [2.24, 2.45) is 4.99 Å². The maximum absolute atomic E-state index is 13.2. The maximum atomic E-state index is 13.2. The number of amides is 2. The summed E-state index contributed by atoms with van der Waals surface area (Å²) in [6.45, 7) is 5.37. The number of aryl methyl sites for hydroxylation is 1. The number of nitrogens with one attached hydrogen (secondary N) is 1. The van der Waals surface area contributed by atoms with E-state index in [1.54, 1.807) is 6.92 Å². The molecule has 8 nitrogen and oxygen atoms in total. The maximum Gasteiger partial charge on any atom is 0.418 e. The number of carbonyl (C=O) groups excluding carboxylic acids is 2. The third-order valence-electron chi connectivity index (χ3n) is 4.83. The van der Waals surface area contributed by atoms with E-state index < -0.39 is 45.8 Å². The minimum atomic E-state index is -4.65. The van der Waals surface area contributed by atoms with E-state index in [-0.39, 0.29) is 23.1 Å². The Kier molecular flexibility index (Phi) is 7.40. The summed E-state index contributed by atoms with van der Waals surface area (Å²) in [5.74, 6) is -1.24. The van der Waals surface area contributed by atoms with Crippen LogP contribution in [0.25, 0.3) is 0 Å². The highest BCUT2D eigenvalue weighted by Gasteiger charge is 2.39. The first kappa shape index (κ1) is 25.0. The molecule has 0 radical (unpaired) electrons. The molecule has 2 amide bonds. The summed E-state index contributed by atoms with van der Waals surface area (Å²) in [5.41, 5.74) is -0.656. The number of amidine groups is 1. The lowest BCUT2D eigenvalue weighted by molar-refractivity contribution is -0.384. The van der Waals surface area contributed by atoms with E-state index in [0.717, 1.165) is 23.9 Å². The van der Waals surface area contributed by atoms with Gasteiger partial charge in [-0.3, -0.25) is 24.6 Å². The van der Waals surface area contributed by atoms with Crippen LogP contribution in [0.4, 0.5) is 30.2 Å². The van der Waals surface area contributed by atoms with Gasteiger partial charge in [0.05, 0.1) is 21.9 Å². The third-order valence-corrected chi connectivity index (χ3v) is 6.00. The first-order valence-corrected chi connectivity index (χ1v) is 10.8. The van der Waals surface area contributed by atoms with Gasteiger partial charge in [-0.1, -0.05) is 36.0 Å². The SMILES string of the molecule is C=CCN1C(=O)C(CC(=O)Nc2ccccc2C(F)(F)F)SC1=Nc1cc([N+](=O)[O-])ccc1C. The van der Waals surface area contributed by atoms with Crippen LogP contribution in [-0.4, -0.2) is 38.6 Å². The summed E-state index contributed by atoms with van der Waals surface area (Å²) < 4.78 is 39.6. The van der Waals surface area contributed by atoms with E-state index in [2.05, 4.69) is 16.9 Å². The summed E-state index contributed by atoms with van der Waals surface area (Å²) in [7, 11) is 0. The molecule has 1 saturated heterocycles. The molecule has 1 aliphatic heterocycles. The number of nitro groups is 1. The van der Waals surface area contributed by atoms with Gasteiger partial charge < -0.3 is 5.32 Å². The predicted molar refractivity (Wildman–Crippen MR) is 123 cm³/mol. The average Bonchev–Trinajstić information content (AvgIpc) is 3.03. The van der Waals surface area contributed by atoms with Crippen molar-refractivity contribution in [3.8, 4) is 0 Å². The molecule has 1 aliphatic rings. The Morgan fingerprint density at radius 2 is 2.03 bits per heavy atom. The van der Waals surface area contributed by atoms with Crippen LogP contribution >= 0.6 is 11.8 Å². The van der Waals surface area contributed by atoms with Crippen LogP contribution in [0, 0.1) is 17.0 Å². The molecule has 12 heteroatoms. The minimum Gasteiger partial charge on any atom is -0.325 e. The van der Waals surface area contributed by atoms with Crippen molar-refractivity contribution >= 4 is 45.8 Å². The fourth-order valence-corrected chi connectivity index (χ4v) is 4.33. The summed E-state index contributed by atoms with van der Waals surface area (Å²) in [5, 5.41) is 12.6. The highest BCUT2D eigenvalue weighted by atomic mass is 32.2. The van der Waals surface area contributed by atoms with E-state index in [1.165, 1.54) is 41.3 Å². The van der Waals surface area contributed by atoms with Crippen molar-refractivity contribution in [1.82, 2.24) is 4.90 Å². The van der Waals surface area contributed by atoms with E-state index in [4.69, 9.17) is 0 Å². The number of anilines is 1. The van der Waals surface area contributed by atoms with Gasteiger partial charge in [-0.15, -0.1) is 6.58 Å². The number of carbonyl (C=O) groups is 2. The number of thioether (sulfide) groups is 1. The zero-order valence-corrected chi connectivity index (χ0v) is 18.7. The summed E-state index contributed by atoms with van der Waals surface area (Å²) in [6, 6.07) is 8.68. The molecule has 178 valence electrons. The molecule has 1 fully saturated rings. The molecule has 34 heavy (non-hydrogen) atoms. The zero-order chi connectivity index (χ0) is 25.0. The monoisotopic (exact) mass is 492 g/mol. The van der Waals surface area contributed by atoms with Gasteiger partial charge in [0.1, 0.15) is 5.25 Å². The Bertz CT molecular complexity index is 1180. The summed E-state index contributed by atoms with van der Waals surface area (Å²) in [4.78, 5) is 41.6. The molecule has 0 bridgehead atoms. The molecular weight excluding hydrogens is 473 g/mol. The number of nitro benzene ring substituents is 1. The van der Waals surface area contributed by atoms with Gasteiger partial charge in [0.15, 0.2) is 5.17 Å². The van der Waals surface area contributed by atoms with E-state index >= 15 is 0 Å². The lowest BCUT2D eigenvalue weighted by Crippen LogP contribution is -2.33. The molecule has 0 saturated carbocycles. The number of hydrogen-bond donors (Lipinski definition) is 1. The van der Waals surface area contributed by atoms with Crippen LogP contribution in [0.15, 0.2) is 60.1 Å². The van der Waals surface area contributed by atoms with Crippen molar-refractivity contribution in [2.75, 3.05) is 11.9 Å². The first-order valence-electron chi connectivity index (χ1n) is 9.90. The van der Waals surface area contributed by atoms with Gasteiger partial charge in [-0.05, 0) is 24.6 Å². The van der Waals surface area contributed by atoms with Crippen LogP contribution in [0.2, 0.25) is 0 Å². The van der Waals surface area contributed by atoms with Crippen molar-refractivity contribution in [2.45, 2.75) is 24.8 Å². The number of nitrogens with zero attached hydrogens (tertiary/aromatic N) is 3. The lowest BCUT2D eigenvalue weighted by Gasteiger charge is -2.15. The molecule has 3 rings (SSSR count). The molecule has 2 aromatic carbocycles. The highest BCUT2D eigenvalue weighted by Crippen LogP contribution is 2.36. The Labute approximate surface area is 196 Å². The standard InChI is InChI=1S/C22H19F3N4O4S/c1-3-10-28-20(31)18(12-19(30)26-16-7-5-4-6-15(16)22(23,24)25)34-21(28)27-17-11-14(29(32)33)9-8-13(17)2/h3-9,11,18H,1,10,12H2,2H3,(H,26,30). The van der Waals surface area contributed by atoms with Crippen molar-refractivity contribution in [1.29, 1.82) is 0 Å². The third kappa shape index (κ3) is 5.63. The minimum absolute atomic E-state index is 0.0771. The second kappa shape index (κ2) is 10.1. The number of para-hydroxylation sites is 1. The predicted octanol–water partition coefficient (Wildman–Crippen LogP) is 5.07.